The molecule has 0 radical (unpaired) electrons. The zero-order chi connectivity index (χ0) is 10.1. The van der Waals surface area contributed by atoms with Gasteiger partial charge < -0.3 is 5.11 Å². The van der Waals surface area contributed by atoms with Crippen molar-refractivity contribution < 1.29 is 19.8 Å². The van der Waals surface area contributed by atoms with Crippen molar-refractivity contribution in [3.63, 3.8) is 0 Å². The number of aromatic carboxylic acids is 1. The Morgan fingerprint density at radius 1 is 1.21 bits per heavy atom. The summed E-state index contributed by atoms with van der Waals surface area (Å²) in [7, 11) is 0. The molecule has 0 saturated carbocycles. The highest BCUT2D eigenvalue weighted by Gasteiger charge is 2.05. The Bertz CT molecular complexity index is 508. The predicted molar refractivity (Wildman–Crippen MR) is 48.3 cm³/mol. The normalized spacial score (nSPS) is 10.3. The average molecular weight is 190 g/mol. The van der Waals surface area contributed by atoms with Crippen molar-refractivity contribution in [1.82, 2.24) is 0 Å². The summed E-state index contributed by atoms with van der Waals surface area (Å²) in [5.74, 6) is -0.951. The van der Waals surface area contributed by atoms with Crippen LogP contribution >= 0.6 is 0 Å². The molecule has 0 saturated heterocycles. The fraction of sp³-hybridized carbons (Fsp3) is 0. The summed E-state index contributed by atoms with van der Waals surface area (Å²) in [5, 5.41) is 19.4. The third-order valence-corrected chi connectivity index (χ3v) is 2.01. The molecule has 2 aromatic rings. The molecular weight excluding hydrogens is 182 g/mol. The van der Waals surface area contributed by atoms with E-state index in [4.69, 9.17) is 10.3 Å². The van der Waals surface area contributed by atoms with E-state index in [2.05, 4.69) is 0 Å². The Hall–Kier alpha value is -2.10. The van der Waals surface area contributed by atoms with Crippen LogP contribution in [0.5, 0.6) is 0 Å². The molecule has 1 aromatic carbocycles. The number of carbonyl (C=O) groups is 1. The molecule has 4 nitrogen and oxygen atoms in total. The van der Waals surface area contributed by atoms with Crippen molar-refractivity contribution in [1.29, 1.82) is 0 Å². The second-order valence-corrected chi connectivity index (χ2v) is 2.97. The molecular formula is C10H8NO3+. The molecule has 0 spiro atoms. The first-order valence-corrected chi connectivity index (χ1v) is 4.04. The van der Waals surface area contributed by atoms with E-state index in [1.54, 1.807) is 18.2 Å². The molecule has 0 unspecified atom stereocenters. The lowest BCUT2D eigenvalue weighted by Gasteiger charge is -1.96. The highest BCUT2D eigenvalue weighted by molar-refractivity contribution is 5.93. The molecule has 4 heteroatoms. The molecule has 0 fully saturated rings. The Morgan fingerprint density at radius 2 is 2.00 bits per heavy atom. The Balaban J connectivity index is 2.67. The van der Waals surface area contributed by atoms with Gasteiger partial charge in [-0.1, -0.05) is 0 Å². The monoisotopic (exact) mass is 190 g/mol. The van der Waals surface area contributed by atoms with E-state index < -0.39 is 5.97 Å². The van der Waals surface area contributed by atoms with E-state index in [1.807, 2.05) is 0 Å². The first kappa shape index (κ1) is 8.50. The van der Waals surface area contributed by atoms with Crippen LogP contribution in [0.15, 0.2) is 36.7 Å². The van der Waals surface area contributed by atoms with Gasteiger partial charge in [-0.15, -0.1) is 0 Å². The van der Waals surface area contributed by atoms with Crippen molar-refractivity contribution >= 4 is 16.7 Å². The molecule has 0 amide bonds. The molecule has 2 rings (SSSR count). The van der Waals surface area contributed by atoms with Crippen LogP contribution in [0.3, 0.4) is 0 Å². The number of rotatable bonds is 1. The van der Waals surface area contributed by atoms with Gasteiger partial charge in [0.05, 0.1) is 10.9 Å². The topological polar surface area (TPSA) is 61.4 Å². The number of pyridine rings is 1. The molecule has 1 heterocycles. The van der Waals surface area contributed by atoms with Crippen LogP contribution in [0.2, 0.25) is 0 Å². The van der Waals surface area contributed by atoms with Gasteiger partial charge in [0.25, 0.3) is 0 Å². The van der Waals surface area contributed by atoms with Gasteiger partial charge in [-0.3, -0.25) is 5.21 Å². The number of hydrogen-bond acceptors (Lipinski definition) is 2. The number of hydrogen-bond donors (Lipinski definition) is 2. The summed E-state index contributed by atoms with van der Waals surface area (Å²) in [5.41, 5.74) is 0.244. The molecule has 0 aliphatic rings. The quantitative estimate of drug-likeness (QED) is 0.522. The van der Waals surface area contributed by atoms with Crippen molar-refractivity contribution in [3.05, 3.63) is 42.2 Å². The number of fused-ring (bicyclic) bond motifs is 1. The lowest BCUT2D eigenvalue weighted by Crippen LogP contribution is -2.27. The predicted octanol–water partition coefficient (Wildman–Crippen LogP) is 1.06. The zero-order valence-electron chi connectivity index (χ0n) is 7.21. The van der Waals surface area contributed by atoms with Crippen molar-refractivity contribution in [2.24, 2.45) is 0 Å². The van der Waals surface area contributed by atoms with Crippen LogP contribution in [0.4, 0.5) is 0 Å². The van der Waals surface area contributed by atoms with Crippen LogP contribution in [-0.4, -0.2) is 16.3 Å². The average Bonchev–Trinajstić information content (AvgIpc) is 2.16. The molecule has 70 valence electrons. The summed E-state index contributed by atoms with van der Waals surface area (Å²) in [4.78, 5) is 10.7. The van der Waals surface area contributed by atoms with Gasteiger partial charge >= 0.3 is 5.97 Å². The van der Waals surface area contributed by atoms with E-state index in [9.17, 15) is 4.79 Å². The van der Waals surface area contributed by atoms with Crippen LogP contribution in [0.25, 0.3) is 10.8 Å². The zero-order valence-corrected chi connectivity index (χ0v) is 7.21. The molecule has 14 heavy (non-hydrogen) atoms. The van der Waals surface area contributed by atoms with Gasteiger partial charge in [-0.05, 0) is 23.6 Å². The number of benzene rings is 1. The fourth-order valence-electron chi connectivity index (χ4n) is 1.31. The van der Waals surface area contributed by atoms with Crippen LogP contribution in [0.1, 0.15) is 10.4 Å². The van der Waals surface area contributed by atoms with Gasteiger partial charge in [0.15, 0.2) is 0 Å². The third-order valence-electron chi connectivity index (χ3n) is 2.01. The highest BCUT2D eigenvalue weighted by Crippen LogP contribution is 2.13. The molecule has 2 N–H and O–H groups in total. The Kier molecular flexibility index (Phi) is 1.81. The SMILES string of the molecule is O=C(O)c1ccc2c[n+](O)ccc2c1. The van der Waals surface area contributed by atoms with Crippen LogP contribution in [-0.2, 0) is 0 Å². The van der Waals surface area contributed by atoms with Crippen molar-refractivity contribution in [3.8, 4) is 0 Å². The van der Waals surface area contributed by atoms with Crippen molar-refractivity contribution in [2.45, 2.75) is 0 Å². The van der Waals surface area contributed by atoms with E-state index in [0.717, 1.165) is 15.5 Å². The van der Waals surface area contributed by atoms with Crippen LogP contribution < -0.4 is 4.73 Å². The summed E-state index contributed by atoms with van der Waals surface area (Å²) < 4.78 is 0.933. The Labute approximate surface area is 79.6 Å². The standard InChI is InChI=1S/C10H7NO3/c12-10(13)8-1-2-9-6-11(14)4-3-7(9)5-8/h1-6H,(H-,12,13,14)/p+1. The lowest BCUT2D eigenvalue weighted by atomic mass is 10.1. The Morgan fingerprint density at radius 3 is 2.71 bits per heavy atom. The maximum absolute atomic E-state index is 10.7. The van der Waals surface area contributed by atoms with E-state index in [1.165, 1.54) is 18.5 Å². The molecule has 1 aromatic heterocycles. The first-order chi connectivity index (χ1) is 6.66. The second-order valence-electron chi connectivity index (χ2n) is 2.97. The highest BCUT2D eigenvalue weighted by atomic mass is 16.5. The maximum atomic E-state index is 10.7. The second kappa shape index (κ2) is 2.99. The number of carboxylic acid groups (broad SMARTS) is 1. The summed E-state index contributed by atoms with van der Waals surface area (Å²) in [6.07, 6.45) is 2.97. The molecule has 0 aliphatic heterocycles. The van der Waals surface area contributed by atoms with Crippen molar-refractivity contribution in [2.75, 3.05) is 0 Å². The summed E-state index contributed by atoms with van der Waals surface area (Å²) >= 11 is 0. The summed E-state index contributed by atoms with van der Waals surface area (Å²) in [6.45, 7) is 0. The minimum Gasteiger partial charge on any atom is -0.478 e. The minimum atomic E-state index is -0.951. The molecule has 0 aliphatic carbocycles. The van der Waals surface area contributed by atoms with Gasteiger partial charge in [-0.2, -0.15) is 0 Å². The lowest BCUT2D eigenvalue weighted by molar-refractivity contribution is -0.903. The van der Waals surface area contributed by atoms with Gasteiger partial charge in [-0.25, -0.2) is 4.79 Å². The minimum absolute atomic E-state index is 0.244. The maximum Gasteiger partial charge on any atom is 0.335 e. The first-order valence-electron chi connectivity index (χ1n) is 4.04. The van der Waals surface area contributed by atoms with E-state index in [-0.39, 0.29) is 5.56 Å². The van der Waals surface area contributed by atoms with Gasteiger partial charge in [0.1, 0.15) is 0 Å². The molecule has 0 bridgehead atoms. The number of aromatic nitrogens is 1. The number of carboxylic acids is 1. The number of nitrogens with zero attached hydrogens (tertiary/aromatic N) is 1. The van der Waals surface area contributed by atoms with Gasteiger partial charge in [0.2, 0.25) is 12.4 Å². The third kappa shape index (κ3) is 1.37. The van der Waals surface area contributed by atoms with E-state index >= 15 is 0 Å². The molecule has 0 atom stereocenters. The van der Waals surface area contributed by atoms with Crippen LogP contribution in [0, 0.1) is 0 Å². The summed E-state index contributed by atoms with van der Waals surface area (Å²) in [6, 6.07) is 6.38. The van der Waals surface area contributed by atoms with E-state index in [0.29, 0.717) is 0 Å². The largest absolute Gasteiger partial charge is 0.478 e. The van der Waals surface area contributed by atoms with Gasteiger partial charge in [0, 0.05) is 10.8 Å². The smallest absolute Gasteiger partial charge is 0.335 e. The fourth-order valence-corrected chi connectivity index (χ4v) is 1.31.